The van der Waals surface area contributed by atoms with Gasteiger partial charge in [0.05, 0.1) is 18.2 Å². The summed E-state index contributed by atoms with van der Waals surface area (Å²) in [5, 5.41) is -0.349. The van der Waals surface area contributed by atoms with Crippen LogP contribution in [0.5, 0.6) is 5.75 Å². The SMILES string of the molecule is CCCCOC1COC(c2ccc(-c3ccc(-c4cc(F)c(C(F)(F)Oc5ccc(Cl)c(F)c5)c(F)c4)c(F)c3)cc2)OC1. The quantitative estimate of drug-likeness (QED) is 0.128. The maximum atomic E-state index is 15.2. The van der Waals surface area contributed by atoms with Gasteiger partial charge in [-0.15, -0.1) is 0 Å². The second-order valence-corrected chi connectivity index (χ2v) is 10.6. The Hall–Kier alpha value is -3.57. The number of benzene rings is 4. The molecular formula is C33H27ClF6O4. The zero-order valence-corrected chi connectivity index (χ0v) is 24.2. The van der Waals surface area contributed by atoms with Gasteiger partial charge in [0, 0.05) is 23.8 Å². The van der Waals surface area contributed by atoms with Gasteiger partial charge in [0.25, 0.3) is 0 Å². The van der Waals surface area contributed by atoms with Gasteiger partial charge in [0.15, 0.2) is 6.29 Å². The first-order valence-corrected chi connectivity index (χ1v) is 14.2. The van der Waals surface area contributed by atoms with Crippen LogP contribution in [0.15, 0.2) is 72.8 Å². The molecule has 0 unspecified atom stereocenters. The highest BCUT2D eigenvalue weighted by molar-refractivity contribution is 6.30. The number of alkyl halides is 2. The zero-order chi connectivity index (χ0) is 31.4. The molecule has 1 saturated heterocycles. The Morgan fingerprint density at radius 3 is 2.02 bits per heavy atom. The fourth-order valence-corrected chi connectivity index (χ4v) is 4.79. The number of ether oxygens (including phenoxy) is 4. The van der Waals surface area contributed by atoms with E-state index in [4.69, 9.17) is 25.8 Å². The summed E-state index contributed by atoms with van der Waals surface area (Å²) in [6.07, 6.45) is -3.20. The van der Waals surface area contributed by atoms with Gasteiger partial charge in [0.2, 0.25) is 0 Å². The van der Waals surface area contributed by atoms with E-state index in [0.29, 0.717) is 49.1 Å². The van der Waals surface area contributed by atoms with Crippen LogP contribution in [0.1, 0.15) is 37.2 Å². The van der Waals surface area contributed by atoms with E-state index in [1.165, 1.54) is 18.2 Å². The van der Waals surface area contributed by atoms with Crippen molar-refractivity contribution in [2.75, 3.05) is 19.8 Å². The lowest BCUT2D eigenvalue weighted by Crippen LogP contribution is -2.33. The van der Waals surface area contributed by atoms with Crippen molar-refractivity contribution in [2.45, 2.75) is 38.3 Å². The van der Waals surface area contributed by atoms with Gasteiger partial charge < -0.3 is 18.9 Å². The molecule has 0 aliphatic carbocycles. The number of halogens is 7. The highest BCUT2D eigenvalue weighted by atomic mass is 35.5. The van der Waals surface area contributed by atoms with Gasteiger partial charge in [-0.05, 0) is 53.4 Å². The summed E-state index contributed by atoms with van der Waals surface area (Å²) in [5.74, 6) is -5.94. The van der Waals surface area contributed by atoms with E-state index >= 15 is 4.39 Å². The number of rotatable bonds is 10. The Morgan fingerprint density at radius 1 is 0.773 bits per heavy atom. The predicted molar refractivity (Wildman–Crippen MR) is 152 cm³/mol. The first-order chi connectivity index (χ1) is 21.1. The van der Waals surface area contributed by atoms with Gasteiger partial charge in [-0.2, -0.15) is 8.78 Å². The molecule has 0 atom stereocenters. The van der Waals surface area contributed by atoms with Crippen molar-refractivity contribution in [3.05, 3.63) is 112 Å². The van der Waals surface area contributed by atoms with Crippen LogP contribution in [0.3, 0.4) is 0 Å². The predicted octanol–water partition coefficient (Wildman–Crippen LogP) is 9.59. The minimum Gasteiger partial charge on any atom is -0.429 e. The Balaban J connectivity index is 1.29. The smallest absolute Gasteiger partial charge is 0.429 e. The van der Waals surface area contributed by atoms with E-state index in [-0.39, 0.29) is 22.3 Å². The lowest BCUT2D eigenvalue weighted by Gasteiger charge is -2.29. The molecule has 0 saturated carbocycles. The van der Waals surface area contributed by atoms with Crippen LogP contribution < -0.4 is 4.74 Å². The highest BCUT2D eigenvalue weighted by Gasteiger charge is 2.41. The van der Waals surface area contributed by atoms with Crippen LogP contribution >= 0.6 is 11.6 Å². The lowest BCUT2D eigenvalue weighted by molar-refractivity contribution is -0.230. The Bertz CT molecular complexity index is 1580. The first-order valence-electron chi connectivity index (χ1n) is 13.8. The summed E-state index contributed by atoms with van der Waals surface area (Å²) in [6, 6.07) is 14.7. The standard InChI is InChI=1S/C33H27ClF6O4/c1-2-3-12-41-24-17-42-32(43-18-24)20-6-4-19(5-7-20)21-8-10-25(27(35)13-21)22-14-29(37)31(30(38)15-22)33(39,40)44-23-9-11-26(34)28(36)16-23/h4-11,13-16,24,32H,2-3,12,17-18H2,1H3. The van der Waals surface area contributed by atoms with Crippen LogP contribution in [-0.4, -0.2) is 25.9 Å². The third-order valence-electron chi connectivity index (χ3n) is 6.98. The van der Waals surface area contributed by atoms with E-state index in [9.17, 15) is 22.0 Å². The zero-order valence-electron chi connectivity index (χ0n) is 23.4. The van der Waals surface area contributed by atoms with Gasteiger partial charge in [-0.25, -0.2) is 17.6 Å². The average molecular weight is 637 g/mol. The first kappa shape index (κ1) is 31.8. The monoisotopic (exact) mass is 636 g/mol. The molecule has 0 aromatic heterocycles. The van der Waals surface area contributed by atoms with E-state index in [1.807, 2.05) is 0 Å². The van der Waals surface area contributed by atoms with Gasteiger partial charge >= 0.3 is 6.11 Å². The summed E-state index contributed by atoms with van der Waals surface area (Å²) < 4.78 is 110. The lowest BCUT2D eigenvalue weighted by atomic mass is 9.97. The Kier molecular flexibility index (Phi) is 9.84. The summed E-state index contributed by atoms with van der Waals surface area (Å²) >= 11 is 5.53. The molecular weight excluding hydrogens is 610 g/mol. The molecule has 11 heteroatoms. The second-order valence-electron chi connectivity index (χ2n) is 10.2. The third-order valence-corrected chi connectivity index (χ3v) is 7.29. The topological polar surface area (TPSA) is 36.9 Å². The van der Waals surface area contributed by atoms with Crippen LogP contribution in [0.2, 0.25) is 5.02 Å². The van der Waals surface area contributed by atoms with E-state index in [2.05, 4.69) is 11.7 Å². The van der Waals surface area contributed by atoms with Gasteiger partial charge in [0.1, 0.15) is 40.7 Å². The summed E-state index contributed by atoms with van der Waals surface area (Å²) in [4.78, 5) is 0. The Morgan fingerprint density at radius 2 is 1.41 bits per heavy atom. The minimum atomic E-state index is -4.51. The molecule has 0 radical (unpaired) electrons. The summed E-state index contributed by atoms with van der Waals surface area (Å²) in [5.41, 5.74) is -0.331. The molecule has 1 fully saturated rings. The molecule has 1 aliphatic heterocycles. The molecule has 0 spiro atoms. The van der Waals surface area contributed by atoms with Crippen molar-refractivity contribution < 1.29 is 45.3 Å². The van der Waals surface area contributed by atoms with Crippen LogP contribution in [-0.2, 0) is 20.3 Å². The molecule has 0 bridgehead atoms. The molecule has 232 valence electrons. The normalized spacial score (nSPS) is 17.1. The number of hydrogen-bond acceptors (Lipinski definition) is 4. The fraction of sp³-hybridized carbons (Fsp3) is 0.273. The molecule has 4 aromatic rings. The second kappa shape index (κ2) is 13.6. The average Bonchev–Trinajstić information content (AvgIpc) is 2.99. The molecule has 4 aromatic carbocycles. The Labute approximate surface area is 255 Å². The van der Waals surface area contributed by atoms with Crippen molar-refractivity contribution in [3.8, 4) is 28.0 Å². The number of hydrogen-bond donors (Lipinski definition) is 0. The van der Waals surface area contributed by atoms with Crippen molar-refractivity contribution >= 4 is 11.6 Å². The molecule has 5 rings (SSSR count). The van der Waals surface area contributed by atoms with E-state index < -0.39 is 47.0 Å². The van der Waals surface area contributed by atoms with Crippen molar-refractivity contribution in [3.63, 3.8) is 0 Å². The molecule has 0 N–H and O–H groups in total. The van der Waals surface area contributed by atoms with E-state index in [0.717, 1.165) is 30.5 Å². The molecule has 1 aliphatic rings. The minimum absolute atomic E-state index is 0.123. The van der Waals surface area contributed by atoms with Crippen molar-refractivity contribution in [1.82, 2.24) is 0 Å². The summed E-state index contributed by atoms with van der Waals surface area (Å²) in [7, 11) is 0. The molecule has 1 heterocycles. The maximum absolute atomic E-state index is 15.2. The molecule has 4 nitrogen and oxygen atoms in total. The highest BCUT2D eigenvalue weighted by Crippen LogP contribution is 2.38. The van der Waals surface area contributed by atoms with Crippen LogP contribution in [0.4, 0.5) is 26.3 Å². The van der Waals surface area contributed by atoms with Gasteiger partial charge in [-0.3, -0.25) is 0 Å². The van der Waals surface area contributed by atoms with Crippen LogP contribution in [0, 0.1) is 23.3 Å². The largest absolute Gasteiger partial charge is 0.432 e. The fourth-order valence-electron chi connectivity index (χ4n) is 4.68. The van der Waals surface area contributed by atoms with Crippen molar-refractivity contribution in [1.29, 1.82) is 0 Å². The van der Waals surface area contributed by atoms with E-state index in [1.54, 1.807) is 24.3 Å². The number of unbranched alkanes of at least 4 members (excludes halogenated alkanes) is 1. The van der Waals surface area contributed by atoms with Gasteiger partial charge in [-0.1, -0.05) is 61.3 Å². The third kappa shape index (κ3) is 7.21. The molecule has 44 heavy (non-hydrogen) atoms. The maximum Gasteiger partial charge on any atom is 0.432 e. The summed E-state index contributed by atoms with van der Waals surface area (Å²) in [6.45, 7) is 3.54. The molecule has 0 amide bonds. The van der Waals surface area contributed by atoms with Crippen molar-refractivity contribution in [2.24, 2.45) is 0 Å². The van der Waals surface area contributed by atoms with Crippen LogP contribution in [0.25, 0.3) is 22.3 Å².